The van der Waals surface area contributed by atoms with E-state index >= 15 is 0 Å². The molecule has 0 atom stereocenters. The van der Waals surface area contributed by atoms with E-state index < -0.39 is 0 Å². The predicted octanol–water partition coefficient (Wildman–Crippen LogP) is 4.89. The van der Waals surface area contributed by atoms with Gasteiger partial charge in [-0.05, 0) is 30.5 Å². The van der Waals surface area contributed by atoms with Crippen LogP contribution in [0.25, 0.3) is 11.1 Å². The van der Waals surface area contributed by atoms with Crippen molar-refractivity contribution in [3.63, 3.8) is 0 Å². The fourth-order valence-corrected chi connectivity index (χ4v) is 3.22. The number of hydrogen-bond donors (Lipinski definition) is 2. The zero-order chi connectivity index (χ0) is 16.6. The van der Waals surface area contributed by atoms with Crippen LogP contribution in [0.15, 0.2) is 22.6 Å². The van der Waals surface area contributed by atoms with Gasteiger partial charge in [0.15, 0.2) is 5.58 Å². The second kappa shape index (κ2) is 9.07. The van der Waals surface area contributed by atoms with Gasteiger partial charge in [0.05, 0.1) is 6.04 Å². The van der Waals surface area contributed by atoms with E-state index in [4.69, 9.17) is 4.42 Å². The number of anilines is 1. The van der Waals surface area contributed by atoms with Crippen LogP contribution in [0.4, 0.5) is 6.01 Å². The van der Waals surface area contributed by atoms with Gasteiger partial charge in [-0.15, -0.1) is 0 Å². The Labute approximate surface area is 145 Å². The summed E-state index contributed by atoms with van der Waals surface area (Å²) in [7, 11) is 0. The topological polar surface area (TPSA) is 50.1 Å². The van der Waals surface area contributed by atoms with Crippen molar-refractivity contribution < 1.29 is 4.42 Å². The minimum absolute atomic E-state index is 0.454. The summed E-state index contributed by atoms with van der Waals surface area (Å²) in [6.07, 6.45) is 12.1. The van der Waals surface area contributed by atoms with Gasteiger partial charge in [-0.1, -0.05) is 57.9 Å². The van der Waals surface area contributed by atoms with Gasteiger partial charge in [-0.2, -0.15) is 4.98 Å². The Hall–Kier alpha value is -1.55. The Morgan fingerprint density at radius 3 is 2.54 bits per heavy atom. The van der Waals surface area contributed by atoms with Gasteiger partial charge in [-0.25, -0.2) is 0 Å². The van der Waals surface area contributed by atoms with Gasteiger partial charge >= 0.3 is 0 Å². The molecule has 2 aromatic rings. The average molecular weight is 329 g/mol. The van der Waals surface area contributed by atoms with Gasteiger partial charge in [0, 0.05) is 13.1 Å². The molecular formula is C20H31N3O. The van der Waals surface area contributed by atoms with Crippen molar-refractivity contribution in [1.82, 2.24) is 10.3 Å². The molecule has 1 saturated heterocycles. The van der Waals surface area contributed by atoms with Gasteiger partial charge in [0.1, 0.15) is 5.52 Å². The van der Waals surface area contributed by atoms with Crippen molar-refractivity contribution in [3.8, 4) is 0 Å². The first-order valence-electron chi connectivity index (χ1n) is 9.72. The van der Waals surface area contributed by atoms with Crippen molar-refractivity contribution in [1.29, 1.82) is 0 Å². The molecule has 2 heterocycles. The van der Waals surface area contributed by atoms with E-state index in [1.807, 2.05) is 0 Å². The maximum absolute atomic E-state index is 5.77. The number of fused-ring (bicyclic) bond motifs is 1. The smallest absolute Gasteiger partial charge is 0.295 e. The highest BCUT2D eigenvalue weighted by molar-refractivity contribution is 5.75. The van der Waals surface area contributed by atoms with Crippen LogP contribution in [-0.2, 0) is 6.42 Å². The minimum atomic E-state index is 0.454. The summed E-state index contributed by atoms with van der Waals surface area (Å²) in [4.78, 5) is 4.58. The lowest BCUT2D eigenvalue weighted by Crippen LogP contribution is -2.51. The Morgan fingerprint density at radius 2 is 1.83 bits per heavy atom. The maximum atomic E-state index is 5.77. The van der Waals surface area contributed by atoms with Crippen LogP contribution in [0.1, 0.15) is 63.9 Å². The fraction of sp³-hybridized carbons (Fsp3) is 0.650. The predicted molar refractivity (Wildman–Crippen MR) is 101 cm³/mol. The molecule has 2 N–H and O–H groups in total. The van der Waals surface area contributed by atoms with Gasteiger partial charge in [0.25, 0.3) is 6.01 Å². The number of oxazole rings is 1. The van der Waals surface area contributed by atoms with Crippen molar-refractivity contribution in [2.75, 3.05) is 18.4 Å². The molecule has 0 unspecified atom stereocenters. The third kappa shape index (κ3) is 4.97. The summed E-state index contributed by atoms with van der Waals surface area (Å²) in [6, 6.07) is 7.54. The largest absolute Gasteiger partial charge is 0.424 e. The number of nitrogens with zero attached hydrogens (tertiary/aromatic N) is 1. The first kappa shape index (κ1) is 17.3. The number of rotatable bonds is 11. The molecule has 4 nitrogen and oxygen atoms in total. The molecule has 0 amide bonds. The standard InChI is InChI=1S/C20H31N3O/c1-2-3-4-5-6-7-8-9-10-16-11-12-19-18(13-16)23-20(24-19)22-17-14-21-15-17/h11-13,17,21H,2-10,14-15H2,1H3,(H,22,23). The van der Waals surface area contributed by atoms with Crippen LogP contribution in [0.3, 0.4) is 0 Å². The van der Waals surface area contributed by atoms with E-state index in [1.54, 1.807) is 0 Å². The van der Waals surface area contributed by atoms with E-state index in [2.05, 4.69) is 40.7 Å². The Bertz CT molecular complexity index is 618. The molecule has 0 bridgehead atoms. The molecule has 0 spiro atoms. The third-order valence-electron chi connectivity index (χ3n) is 4.88. The van der Waals surface area contributed by atoms with E-state index in [0.717, 1.165) is 30.6 Å². The second-order valence-corrected chi connectivity index (χ2v) is 7.05. The summed E-state index contributed by atoms with van der Waals surface area (Å²) < 4.78 is 5.77. The molecule has 0 saturated carbocycles. The highest BCUT2D eigenvalue weighted by atomic mass is 16.4. The third-order valence-corrected chi connectivity index (χ3v) is 4.88. The lowest BCUT2D eigenvalue weighted by molar-refractivity contribution is 0.457. The summed E-state index contributed by atoms with van der Waals surface area (Å²) >= 11 is 0. The second-order valence-electron chi connectivity index (χ2n) is 7.05. The first-order valence-corrected chi connectivity index (χ1v) is 9.72. The zero-order valence-corrected chi connectivity index (χ0v) is 14.9. The quantitative estimate of drug-likeness (QED) is 0.576. The molecule has 1 aliphatic heterocycles. The van der Waals surface area contributed by atoms with Gasteiger partial charge in [0.2, 0.25) is 0 Å². The molecule has 1 aromatic heterocycles. The van der Waals surface area contributed by atoms with Crippen LogP contribution in [0, 0.1) is 0 Å². The number of hydrogen-bond acceptors (Lipinski definition) is 4. The van der Waals surface area contributed by atoms with E-state index in [-0.39, 0.29) is 0 Å². The molecule has 4 heteroatoms. The number of aryl methyl sites for hydroxylation is 1. The van der Waals surface area contributed by atoms with Crippen molar-refractivity contribution in [3.05, 3.63) is 23.8 Å². The SMILES string of the molecule is CCCCCCCCCCc1ccc2oc(NC3CNC3)nc2c1. The monoisotopic (exact) mass is 329 g/mol. The number of unbranched alkanes of at least 4 members (excludes halogenated alkanes) is 7. The molecule has 3 rings (SSSR count). The molecule has 1 fully saturated rings. The molecule has 24 heavy (non-hydrogen) atoms. The highest BCUT2D eigenvalue weighted by Crippen LogP contribution is 2.22. The highest BCUT2D eigenvalue weighted by Gasteiger charge is 2.18. The summed E-state index contributed by atoms with van der Waals surface area (Å²) in [6.45, 7) is 4.25. The molecule has 1 aliphatic rings. The number of nitrogens with one attached hydrogen (secondary N) is 2. The maximum Gasteiger partial charge on any atom is 0.295 e. The van der Waals surface area contributed by atoms with Crippen molar-refractivity contribution in [2.24, 2.45) is 0 Å². The lowest BCUT2D eigenvalue weighted by atomic mass is 10.0. The molecule has 132 valence electrons. The van der Waals surface area contributed by atoms with E-state index in [9.17, 15) is 0 Å². The fourth-order valence-electron chi connectivity index (χ4n) is 3.22. The van der Waals surface area contributed by atoms with Crippen LogP contribution < -0.4 is 10.6 Å². The summed E-state index contributed by atoms with van der Waals surface area (Å²) in [5, 5.41) is 6.57. The zero-order valence-electron chi connectivity index (χ0n) is 14.9. The number of aromatic nitrogens is 1. The van der Waals surface area contributed by atoms with Crippen LogP contribution in [0.2, 0.25) is 0 Å². The van der Waals surface area contributed by atoms with Gasteiger partial charge in [-0.3, -0.25) is 0 Å². The molecule has 0 aliphatic carbocycles. The Morgan fingerprint density at radius 1 is 1.08 bits per heavy atom. The lowest BCUT2D eigenvalue weighted by Gasteiger charge is -2.26. The van der Waals surface area contributed by atoms with E-state index in [1.165, 1.54) is 56.9 Å². The average Bonchev–Trinajstić information content (AvgIpc) is 2.95. The Kier molecular flexibility index (Phi) is 6.53. The van der Waals surface area contributed by atoms with Crippen LogP contribution >= 0.6 is 0 Å². The molecular weight excluding hydrogens is 298 g/mol. The summed E-state index contributed by atoms with van der Waals surface area (Å²) in [5.41, 5.74) is 3.23. The normalized spacial score (nSPS) is 14.9. The minimum Gasteiger partial charge on any atom is -0.424 e. The van der Waals surface area contributed by atoms with Crippen molar-refractivity contribution >= 4 is 17.1 Å². The molecule has 0 radical (unpaired) electrons. The van der Waals surface area contributed by atoms with Crippen LogP contribution in [0.5, 0.6) is 0 Å². The summed E-state index contributed by atoms with van der Waals surface area (Å²) in [5.74, 6) is 0. The van der Waals surface area contributed by atoms with E-state index in [0.29, 0.717) is 12.1 Å². The van der Waals surface area contributed by atoms with Crippen molar-refractivity contribution in [2.45, 2.75) is 70.8 Å². The van der Waals surface area contributed by atoms with Crippen LogP contribution in [-0.4, -0.2) is 24.1 Å². The first-order chi connectivity index (χ1) is 11.8. The Balaban J connectivity index is 1.40. The van der Waals surface area contributed by atoms with Gasteiger partial charge < -0.3 is 15.1 Å². The molecule has 1 aromatic carbocycles. The number of benzene rings is 1.